The van der Waals surface area contributed by atoms with Crippen molar-refractivity contribution < 1.29 is 4.79 Å². The average molecular weight is 183 g/mol. The van der Waals surface area contributed by atoms with E-state index in [4.69, 9.17) is 0 Å². The van der Waals surface area contributed by atoms with Crippen LogP contribution in [0.25, 0.3) is 0 Å². The molecule has 0 aliphatic heterocycles. The third-order valence-electron chi connectivity index (χ3n) is 2.25. The molecule has 2 nitrogen and oxygen atoms in total. The molecule has 0 saturated carbocycles. The van der Waals surface area contributed by atoms with E-state index in [1.807, 2.05) is 0 Å². The minimum Gasteiger partial charge on any atom is -0.347 e. The fourth-order valence-corrected chi connectivity index (χ4v) is 1.53. The Morgan fingerprint density at radius 1 is 1.62 bits per heavy atom. The minimum absolute atomic E-state index is 0.0787. The number of rotatable bonds is 5. The maximum Gasteiger partial charge on any atom is 0.243 e. The number of carbonyl (C=O) groups excluding carboxylic acids is 1. The van der Waals surface area contributed by atoms with Crippen LogP contribution in [0.1, 0.15) is 40.5 Å². The number of nitrogens with one attached hydrogen (secondary N) is 1. The van der Waals surface area contributed by atoms with Crippen LogP contribution in [-0.2, 0) is 4.79 Å². The lowest BCUT2D eigenvalue weighted by atomic mass is 9.88. The van der Waals surface area contributed by atoms with Crippen LogP contribution >= 0.6 is 0 Å². The molecule has 0 saturated heterocycles. The van der Waals surface area contributed by atoms with Gasteiger partial charge < -0.3 is 5.32 Å². The topological polar surface area (TPSA) is 29.1 Å². The fourth-order valence-electron chi connectivity index (χ4n) is 1.53. The van der Waals surface area contributed by atoms with Gasteiger partial charge in [0.25, 0.3) is 0 Å². The van der Waals surface area contributed by atoms with Gasteiger partial charge in [0.05, 0.1) is 0 Å². The van der Waals surface area contributed by atoms with Gasteiger partial charge in [-0.25, -0.2) is 0 Å². The molecule has 76 valence electrons. The van der Waals surface area contributed by atoms with Gasteiger partial charge >= 0.3 is 0 Å². The summed E-state index contributed by atoms with van der Waals surface area (Å²) in [6, 6.07) is 0. The summed E-state index contributed by atoms with van der Waals surface area (Å²) < 4.78 is 0. The predicted octanol–water partition coefficient (Wildman–Crippen LogP) is 2.50. The smallest absolute Gasteiger partial charge is 0.243 e. The van der Waals surface area contributed by atoms with Gasteiger partial charge in [0.2, 0.25) is 5.91 Å². The summed E-state index contributed by atoms with van der Waals surface area (Å²) in [6.07, 6.45) is 3.28. The Balaban J connectivity index is 4.26. The summed E-state index contributed by atoms with van der Waals surface area (Å²) in [5.74, 6) is 0.514. The molecule has 0 bridgehead atoms. The molecule has 0 radical (unpaired) electrons. The molecule has 0 aromatic heterocycles. The average Bonchev–Trinajstić information content (AvgIpc) is 2.02. The molecule has 0 aromatic carbocycles. The largest absolute Gasteiger partial charge is 0.347 e. The molecule has 1 amide bonds. The van der Waals surface area contributed by atoms with Crippen LogP contribution in [0.4, 0.5) is 0 Å². The second-order valence-corrected chi connectivity index (χ2v) is 4.21. The quantitative estimate of drug-likeness (QED) is 0.652. The van der Waals surface area contributed by atoms with Gasteiger partial charge in [-0.2, -0.15) is 0 Å². The van der Waals surface area contributed by atoms with Crippen molar-refractivity contribution >= 4 is 5.91 Å². The summed E-state index contributed by atoms with van der Waals surface area (Å²) >= 11 is 0. The van der Waals surface area contributed by atoms with E-state index in [-0.39, 0.29) is 11.4 Å². The molecule has 0 rings (SSSR count). The Labute approximate surface area is 81.4 Å². The Morgan fingerprint density at radius 2 is 2.15 bits per heavy atom. The van der Waals surface area contributed by atoms with Crippen LogP contribution in [0, 0.1) is 5.92 Å². The van der Waals surface area contributed by atoms with Crippen LogP contribution in [0.3, 0.4) is 0 Å². The number of carbonyl (C=O) groups is 1. The number of hydrogen-bond donors (Lipinski definition) is 1. The lowest BCUT2D eigenvalue weighted by Gasteiger charge is -2.30. The van der Waals surface area contributed by atoms with Crippen molar-refractivity contribution in [3.05, 3.63) is 12.7 Å². The molecule has 0 aliphatic carbocycles. The van der Waals surface area contributed by atoms with Crippen molar-refractivity contribution in [1.29, 1.82) is 0 Å². The van der Waals surface area contributed by atoms with Gasteiger partial charge in [-0.3, -0.25) is 4.79 Å². The molecule has 1 unspecified atom stereocenters. The zero-order valence-electron chi connectivity index (χ0n) is 9.18. The van der Waals surface area contributed by atoms with Crippen molar-refractivity contribution in [2.45, 2.75) is 46.1 Å². The van der Waals surface area contributed by atoms with Gasteiger partial charge in [0, 0.05) is 5.54 Å². The lowest BCUT2D eigenvalue weighted by Crippen LogP contribution is -2.45. The van der Waals surface area contributed by atoms with E-state index in [9.17, 15) is 4.79 Å². The third-order valence-corrected chi connectivity index (χ3v) is 2.25. The van der Waals surface area contributed by atoms with Gasteiger partial charge in [0.1, 0.15) is 0 Å². The molecule has 1 atom stereocenters. The highest BCUT2D eigenvalue weighted by Gasteiger charge is 2.23. The molecule has 0 aromatic rings. The highest BCUT2D eigenvalue weighted by atomic mass is 16.1. The summed E-state index contributed by atoms with van der Waals surface area (Å²) in [5.41, 5.74) is -0.0839. The standard InChI is InChI=1S/C11H21NO/c1-6-10(13)12-11(5,7-2)8-9(3)4/h6,9H,1,7-8H2,2-5H3,(H,12,13). The van der Waals surface area contributed by atoms with Crippen molar-refractivity contribution in [2.75, 3.05) is 0 Å². The zero-order chi connectivity index (χ0) is 10.5. The highest BCUT2D eigenvalue weighted by Crippen LogP contribution is 2.19. The third kappa shape index (κ3) is 4.71. The van der Waals surface area contributed by atoms with Crippen molar-refractivity contribution in [1.82, 2.24) is 5.32 Å². The molecule has 0 heterocycles. The summed E-state index contributed by atoms with van der Waals surface area (Å²) in [5, 5.41) is 2.97. The van der Waals surface area contributed by atoms with E-state index in [0.29, 0.717) is 5.92 Å². The Hall–Kier alpha value is -0.790. The molecule has 0 fully saturated rings. The summed E-state index contributed by atoms with van der Waals surface area (Å²) in [4.78, 5) is 11.1. The zero-order valence-corrected chi connectivity index (χ0v) is 9.18. The van der Waals surface area contributed by atoms with E-state index in [1.54, 1.807) is 0 Å². The van der Waals surface area contributed by atoms with Crippen molar-refractivity contribution in [3.63, 3.8) is 0 Å². The Bertz CT molecular complexity index is 187. The SMILES string of the molecule is C=CC(=O)NC(C)(CC)CC(C)C. The van der Waals surface area contributed by atoms with E-state index in [0.717, 1.165) is 12.8 Å². The van der Waals surface area contributed by atoms with E-state index in [2.05, 4.69) is 39.6 Å². The first-order valence-electron chi connectivity index (χ1n) is 4.88. The monoisotopic (exact) mass is 183 g/mol. The first-order chi connectivity index (χ1) is 5.93. The summed E-state index contributed by atoms with van der Waals surface area (Å²) in [7, 11) is 0. The molecule has 0 aliphatic rings. The normalized spacial score (nSPS) is 15.2. The second-order valence-electron chi connectivity index (χ2n) is 4.21. The first kappa shape index (κ1) is 12.2. The molecular formula is C11H21NO. The van der Waals surface area contributed by atoms with Gasteiger partial charge in [-0.1, -0.05) is 27.4 Å². The summed E-state index contributed by atoms with van der Waals surface area (Å²) in [6.45, 7) is 11.9. The van der Waals surface area contributed by atoms with Gasteiger partial charge in [-0.15, -0.1) is 0 Å². The van der Waals surface area contributed by atoms with E-state index in [1.165, 1.54) is 6.08 Å². The fraction of sp³-hybridized carbons (Fsp3) is 0.727. The molecule has 1 N–H and O–H groups in total. The van der Waals surface area contributed by atoms with Crippen molar-refractivity contribution in [2.24, 2.45) is 5.92 Å². The lowest BCUT2D eigenvalue weighted by molar-refractivity contribution is -0.118. The second kappa shape index (κ2) is 5.05. The van der Waals surface area contributed by atoms with Gasteiger partial charge in [0.15, 0.2) is 0 Å². The van der Waals surface area contributed by atoms with Crippen molar-refractivity contribution in [3.8, 4) is 0 Å². The Morgan fingerprint density at radius 3 is 2.46 bits per heavy atom. The van der Waals surface area contributed by atoms with E-state index >= 15 is 0 Å². The predicted molar refractivity (Wildman–Crippen MR) is 56.5 cm³/mol. The molecular weight excluding hydrogens is 162 g/mol. The van der Waals surface area contributed by atoms with Crippen LogP contribution in [0.2, 0.25) is 0 Å². The maximum absolute atomic E-state index is 11.1. The molecule has 2 heteroatoms. The number of hydrogen-bond acceptors (Lipinski definition) is 1. The maximum atomic E-state index is 11.1. The number of amides is 1. The molecule has 13 heavy (non-hydrogen) atoms. The molecule has 0 spiro atoms. The minimum atomic E-state index is -0.0839. The highest BCUT2D eigenvalue weighted by molar-refractivity contribution is 5.87. The van der Waals surface area contributed by atoms with Crippen LogP contribution < -0.4 is 5.32 Å². The van der Waals surface area contributed by atoms with E-state index < -0.39 is 0 Å². The van der Waals surface area contributed by atoms with Crippen LogP contribution in [0.5, 0.6) is 0 Å². The first-order valence-corrected chi connectivity index (χ1v) is 4.88. The van der Waals surface area contributed by atoms with Crippen LogP contribution in [-0.4, -0.2) is 11.4 Å². The van der Waals surface area contributed by atoms with Gasteiger partial charge in [-0.05, 0) is 31.8 Å². The van der Waals surface area contributed by atoms with Crippen LogP contribution in [0.15, 0.2) is 12.7 Å². The Kier molecular flexibility index (Phi) is 4.74.